The molecule has 7 nitrogen and oxygen atoms in total. The summed E-state index contributed by atoms with van der Waals surface area (Å²) in [5.41, 5.74) is 3.29. The number of nitrogens with zero attached hydrogens (tertiary/aromatic N) is 5. The van der Waals surface area contributed by atoms with Gasteiger partial charge < -0.3 is 25.3 Å². The first kappa shape index (κ1) is 23.2. The first-order valence-corrected chi connectivity index (χ1v) is 12.3. The van der Waals surface area contributed by atoms with Crippen molar-refractivity contribution in [3.8, 4) is 0 Å². The largest absolute Gasteiger partial charge is 0.361 e. The summed E-state index contributed by atoms with van der Waals surface area (Å²) < 4.78 is 0. The summed E-state index contributed by atoms with van der Waals surface area (Å²) in [5, 5.41) is 8.54. The van der Waals surface area contributed by atoms with Crippen LogP contribution in [0.3, 0.4) is 0 Å². The van der Waals surface area contributed by atoms with Crippen LogP contribution < -0.4 is 15.5 Å². The summed E-state index contributed by atoms with van der Waals surface area (Å²) in [6.07, 6.45) is 0. The zero-order chi connectivity index (χ0) is 22.5. The Morgan fingerprint density at radius 1 is 1.00 bits per heavy atom. The normalized spacial score (nSPS) is 18.8. The number of benzene rings is 1. The highest BCUT2D eigenvalue weighted by atomic mass is 32.1. The minimum absolute atomic E-state index is 0.675. The van der Waals surface area contributed by atoms with Crippen LogP contribution >= 0.6 is 12.2 Å². The number of hydrogen-bond donors (Lipinski definition) is 2. The average molecular weight is 456 g/mol. The van der Waals surface area contributed by atoms with Crippen LogP contribution in [0, 0.1) is 6.92 Å². The predicted molar refractivity (Wildman–Crippen MR) is 139 cm³/mol. The standard InChI is InChI=1S/C24H37N7S/c1-4-29-13-15-31(16-14-29)23-17-19(2)21-18-20(5-6-22(21)27-23)26-24(32)25-7-8-30-11-9-28(3)10-12-30/h5-6,17-18H,4,7-16H2,1-3H3,(H2,25,26,32). The van der Waals surface area contributed by atoms with Crippen molar-refractivity contribution >= 4 is 39.7 Å². The number of nitrogens with one attached hydrogen (secondary N) is 2. The number of rotatable bonds is 6. The Labute approximate surface area is 197 Å². The number of aromatic nitrogens is 1. The molecule has 2 fully saturated rings. The monoisotopic (exact) mass is 455 g/mol. The lowest BCUT2D eigenvalue weighted by Crippen LogP contribution is -2.47. The van der Waals surface area contributed by atoms with Crippen molar-refractivity contribution in [1.29, 1.82) is 0 Å². The summed E-state index contributed by atoms with van der Waals surface area (Å²) in [6, 6.07) is 8.55. The van der Waals surface area contributed by atoms with Gasteiger partial charge in [-0.1, -0.05) is 6.92 Å². The van der Waals surface area contributed by atoms with Gasteiger partial charge in [0.25, 0.3) is 0 Å². The van der Waals surface area contributed by atoms with Gasteiger partial charge in [-0.25, -0.2) is 4.98 Å². The minimum Gasteiger partial charge on any atom is -0.361 e. The number of piperazine rings is 2. The predicted octanol–water partition coefficient (Wildman–Crippen LogP) is 2.22. The lowest BCUT2D eigenvalue weighted by Gasteiger charge is -2.35. The third-order valence-electron chi connectivity index (χ3n) is 6.71. The van der Waals surface area contributed by atoms with E-state index in [9.17, 15) is 0 Å². The Kier molecular flexibility index (Phi) is 7.78. The van der Waals surface area contributed by atoms with E-state index < -0.39 is 0 Å². The van der Waals surface area contributed by atoms with Crippen LogP contribution in [-0.2, 0) is 0 Å². The number of thiocarbonyl (C=S) groups is 1. The van der Waals surface area contributed by atoms with E-state index >= 15 is 0 Å². The summed E-state index contributed by atoms with van der Waals surface area (Å²) in [7, 11) is 2.18. The van der Waals surface area contributed by atoms with Crippen molar-refractivity contribution in [3.63, 3.8) is 0 Å². The van der Waals surface area contributed by atoms with Crippen LogP contribution in [0.15, 0.2) is 24.3 Å². The van der Waals surface area contributed by atoms with Crippen molar-refractivity contribution in [2.45, 2.75) is 13.8 Å². The van der Waals surface area contributed by atoms with Gasteiger partial charge in [-0.15, -0.1) is 0 Å². The third-order valence-corrected chi connectivity index (χ3v) is 6.96. The van der Waals surface area contributed by atoms with E-state index in [0.29, 0.717) is 5.11 Å². The maximum absolute atomic E-state index is 5.53. The van der Waals surface area contributed by atoms with Crippen molar-refractivity contribution in [1.82, 2.24) is 25.0 Å². The van der Waals surface area contributed by atoms with Crippen molar-refractivity contribution in [2.75, 3.05) is 89.3 Å². The van der Waals surface area contributed by atoms with Crippen molar-refractivity contribution in [2.24, 2.45) is 0 Å². The number of aryl methyl sites for hydroxylation is 1. The first-order valence-electron chi connectivity index (χ1n) is 11.9. The SMILES string of the molecule is CCN1CCN(c2cc(C)c3cc(NC(=S)NCCN4CCN(C)CC4)ccc3n2)CC1. The molecule has 8 heteroatoms. The number of pyridine rings is 1. The molecule has 3 heterocycles. The zero-order valence-corrected chi connectivity index (χ0v) is 20.5. The second-order valence-electron chi connectivity index (χ2n) is 8.98. The Balaban J connectivity index is 1.33. The van der Waals surface area contributed by atoms with Gasteiger partial charge in [0.1, 0.15) is 5.82 Å². The quantitative estimate of drug-likeness (QED) is 0.643. The topological polar surface area (TPSA) is 49.9 Å². The Morgan fingerprint density at radius 3 is 2.44 bits per heavy atom. The van der Waals surface area contributed by atoms with Crippen LogP contribution in [0.4, 0.5) is 11.5 Å². The van der Waals surface area contributed by atoms with Gasteiger partial charge in [0.05, 0.1) is 5.52 Å². The molecule has 0 radical (unpaired) electrons. The molecule has 0 spiro atoms. The van der Waals surface area contributed by atoms with Crippen LogP contribution in [0.1, 0.15) is 12.5 Å². The van der Waals surface area contributed by atoms with Crippen molar-refractivity contribution in [3.05, 3.63) is 29.8 Å². The number of fused-ring (bicyclic) bond motifs is 1. The fourth-order valence-electron chi connectivity index (χ4n) is 4.48. The molecule has 2 aliphatic rings. The number of hydrogen-bond acceptors (Lipinski definition) is 6. The van der Waals surface area contributed by atoms with Crippen LogP contribution in [-0.4, -0.2) is 104 Å². The van der Waals surface area contributed by atoms with E-state index in [-0.39, 0.29) is 0 Å². The highest BCUT2D eigenvalue weighted by molar-refractivity contribution is 7.80. The molecule has 0 amide bonds. The molecule has 0 aliphatic carbocycles. The van der Waals surface area contributed by atoms with Crippen LogP contribution in [0.25, 0.3) is 10.9 Å². The van der Waals surface area contributed by atoms with E-state index in [2.05, 4.69) is 75.4 Å². The fraction of sp³-hybridized carbons (Fsp3) is 0.583. The number of anilines is 2. The summed E-state index contributed by atoms with van der Waals surface area (Å²) in [5.74, 6) is 1.09. The zero-order valence-electron chi connectivity index (χ0n) is 19.7. The third kappa shape index (κ3) is 5.86. The van der Waals surface area contributed by atoms with E-state index in [1.54, 1.807) is 0 Å². The van der Waals surface area contributed by atoms with Gasteiger partial charge in [0.2, 0.25) is 0 Å². The van der Waals surface area contributed by atoms with Crippen LogP contribution in [0.5, 0.6) is 0 Å². The van der Waals surface area contributed by atoms with Gasteiger partial charge in [0.15, 0.2) is 5.11 Å². The molecule has 0 atom stereocenters. The van der Waals surface area contributed by atoms with Gasteiger partial charge in [-0.2, -0.15) is 0 Å². The molecule has 1 aromatic carbocycles. The lowest BCUT2D eigenvalue weighted by atomic mass is 10.1. The van der Waals surface area contributed by atoms with Gasteiger partial charge in [-0.05, 0) is 62.6 Å². The second kappa shape index (κ2) is 10.7. The van der Waals surface area contributed by atoms with E-state index in [1.165, 1.54) is 10.9 Å². The Bertz CT molecular complexity index is 918. The van der Waals surface area contributed by atoms with E-state index in [4.69, 9.17) is 17.2 Å². The molecular weight excluding hydrogens is 418 g/mol. The van der Waals surface area contributed by atoms with Crippen molar-refractivity contribution < 1.29 is 0 Å². The molecule has 2 N–H and O–H groups in total. The number of likely N-dealkylation sites (N-methyl/N-ethyl adjacent to an activating group) is 2. The van der Waals surface area contributed by atoms with Crippen LogP contribution in [0.2, 0.25) is 0 Å². The highest BCUT2D eigenvalue weighted by Gasteiger charge is 2.18. The van der Waals surface area contributed by atoms with Gasteiger partial charge in [0, 0.05) is 76.5 Å². The fourth-order valence-corrected chi connectivity index (χ4v) is 4.70. The summed E-state index contributed by atoms with van der Waals surface area (Å²) in [4.78, 5) is 14.7. The van der Waals surface area contributed by atoms with E-state index in [0.717, 1.165) is 89.0 Å². The molecule has 0 bridgehead atoms. The molecule has 2 aromatic rings. The summed E-state index contributed by atoms with van der Waals surface area (Å²) in [6.45, 7) is 16.3. The maximum atomic E-state index is 5.53. The highest BCUT2D eigenvalue weighted by Crippen LogP contribution is 2.26. The smallest absolute Gasteiger partial charge is 0.170 e. The first-order chi connectivity index (χ1) is 15.5. The second-order valence-corrected chi connectivity index (χ2v) is 9.38. The molecule has 2 saturated heterocycles. The summed E-state index contributed by atoms with van der Waals surface area (Å²) >= 11 is 5.53. The molecule has 2 aliphatic heterocycles. The maximum Gasteiger partial charge on any atom is 0.170 e. The molecule has 1 aromatic heterocycles. The minimum atomic E-state index is 0.675. The molecule has 0 unspecified atom stereocenters. The Morgan fingerprint density at radius 2 is 1.72 bits per heavy atom. The lowest BCUT2D eigenvalue weighted by molar-refractivity contribution is 0.156. The van der Waals surface area contributed by atoms with E-state index in [1.807, 2.05) is 0 Å². The van der Waals surface area contributed by atoms with Gasteiger partial charge in [-0.3, -0.25) is 4.90 Å². The average Bonchev–Trinajstić information content (AvgIpc) is 2.81. The van der Waals surface area contributed by atoms with Gasteiger partial charge >= 0.3 is 0 Å². The molecular formula is C24H37N7S. The molecule has 0 saturated carbocycles. The molecule has 32 heavy (non-hydrogen) atoms. The Hall–Kier alpha value is -2.00. The molecule has 174 valence electrons. The molecule has 4 rings (SSSR count).